The van der Waals surface area contributed by atoms with Crippen LogP contribution in [0.15, 0.2) is 58.7 Å². The summed E-state index contributed by atoms with van der Waals surface area (Å²) in [5, 5.41) is 7.99. The van der Waals surface area contributed by atoms with Crippen LogP contribution in [-0.4, -0.2) is 66.9 Å². The third kappa shape index (κ3) is 6.59. The summed E-state index contributed by atoms with van der Waals surface area (Å²) in [6, 6.07) is 12.8. The van der Waals surface area contributed by atoms with Gasteiger partial charge in [-0.15, -0.1) is 0 Å². The van der Waals surface area contributed by atoms with Gasteiger partial charge in [0, 0.05) is 22.3 Å². The monoisotopic (exact) mass is 550 g/mol. The van der Waals surface area contributed by atoms with E-state index in [0.29, 0.717) is 56.8 Å². The molecule has 40 heavy (non-hydrogen) atoms. The maximum Gasteiger partial charge on any atom is 0.271 e. The summed E-state index contributed by atoms with van der Waals surface area (Å²) in [6.07, 6.45) is 2.85. The molecule has 12 nitrogen and oxygen atoms in total. The molecule has 0 aliphatic rings. The minimum atomic E-state index is -0.471. The van der Waals surface area contributed by atoms with Crippen LogP contribution in [0.2, 0.25) is 0 Å². The van der Waals surface area contributed by atoms with Gasteiger partial charge in [-0.25, -0.2) is 10.9 Å². The average molecular weight is 551 g/mol. The zero-order chi connectivity index (χ0) is 29.1. The third-order valence-corrected chi connectivity index (χ3v) is 5.62. The summed E-state index contributed by atoms with van der Waals surface area (Å²) in [5.41, 5.74) is 6.62. The van der Waals surface area contributed by atoms with Gasteiger partial charge in [-0.05, 0) is 48.5 Å². The number of hydrogen-bond donors (Lipinski definition) is 2. The molecule has 0 atom stereocenters. The summed E-state index contributed by atoms with van der Waals surface area (Å²) in [7, 11) is 9.01. The van der Waals surface area contributed by atoms with Crippen LogP contribution in [0, 0.1) is 0 Å². The number of nitrogens with one attached hydrogen (secondary N) is 2. The van der Waals surface area contributed by atoms with E-state index in [2.05, 4.69) is 21.1 Å². The van der Waals surface area contributed by atoms with Gasteiger partial charge in [0.1, 0.15) is 0 Å². The molecule has 0 aliphatic heterocycles. The van der Waals surface area contributed by atoms with Crippen molar-refractivity contribution in [1.29, 1.82) is 0 Å². The first-order valence-electron chi connectivity index (χ1n) is 11.8. The Balaban J connectivity index is 1.63. The van der Waals surface area contributed by atoms with Crippen molar-refractivity contribution in [3.8, 4) is 34.5 Å². The van der Waals surface area contributed by atoms with Gasteiger partial charge in [-0.3, -0.25) is 9.59 Å². The van der Waals surface area contributed by atoms with Crippen molar-refractivity contribution in [3.63, 3.8) is 0 Å². The van der Waals surface area contributed by atoms with Crippen LogP contribution in [0.3, 0.4) is 0 Å². The second-order valence-electron chi connectivity index (χ2n) is 7.82. The van der Waals surface area contributed by atoms with Crippen molar-refractivity contribution in [2.75, 3.05) is 42.7 Å². The van der Waals surface area contributed by atoms with Crippen molar-refractivity contribution >= 4 is 24.2 Å². The summed E-state index contributed by atoms with van der Waals surface area (Å²) < 4.78 is 32.0. The number of hydrazone groups is 2. The normalized spacial score (nSPS) is 10.8. The molecule has 0 aliphatic carbocycles. The van der Waals surface area contributed by atoms with E-state index < -0.39 is 11.8 Å². The molecule has 0 saturated heterocycles. The van der Waals surface area contributed by atoms with Crippen LogP contribution in [0.4, 0.5) is 0 Å². The molecule has 210 valence electrons. The lowest BCUT2D eigenvalue weighted by atomic mass is 10.1. The predicted octanol–water partition coefficient (Wildman–Crippen LogP) is 3.27. The molecular weight excluding hydrogens is 520 g/mol. The van der Waals surface area contributed by atoms with E-state index in [9.17, 15) is 9.59 Å². The molecule has 0 bridgehead atoms. The summed E-state index contributed by atoms with van der Waals surface area (Å²) in [6.45, 7) is 0. The molecule has 0 radical (unpaired) electrons. The van der Waals surface area contributed by atoms with Gasteiger partial charge in [-0.2, -0.15) is 10.2 Å². The number of carbonyl (C=O) groups excluding carboxylic acids is 2. The molecule has 0 fully saturated rings. The van der Waals surface area contributed by atoms with Crippen LogP contribution < -0.4 is 39.3 Å². The highest BCUT2D eigenvalue weighted by Crippen LogP contribution is 2.39. The molecule has 0 spiro atoms. The van der Waals surface area contributed by atoms with Crippen LogP contribution in [-0.2, 0) is 0 Å². The molecule has 12 heteroatoms. The minimum absolute atomic E-state index is 0.298. The van der Waals surface area contributed by atoms with Crippen molar-refractivity contribution in [2.24, 2.45) is 10.2 Å². The van der Waals surface area contributed by atoms with Gasteiger partial charge in [0.2, 0.25) is 11.5 Å². The summed E-state index contributed by atoms with van der Waals surface area (Å²) in [4.78, 5) is 25.1. The fourth-order valence-corrected chi connectivity index (χ4v) is 3.68. The Morgan fingerprint density at radius 2 is 0.875 bits per heavy atom. The number of hydrogen-bond acceptors (Lipinski definition) is 10. The number of methoxy groups -OCH3 is 6. The molecule has 0 aromatic heterocycles. The first-order chi connectivity index (χ1) is 19.4. The van der Waals surface area contributed by atoms with Gasteiger partial charge < -0.3 is 28.4 Å². The third-order valence-electron chi connectivity index (χ3n) is 5.62. The maximum absolute atomic E-state index is 12.5. The van der Waals surface area contributed by atoms with Crippen LogP contribution in [0.25, 0.3) is 0 Å². The molecule has 0 saturated carbocycles. The summed E-state index contributed by atoms with van der Waals surface area (Å²) in [5.74, 6) is 1.67. The van der Waals surface area contributed by atoms with Gasteiger partial charge in [-0.1, -0.05) is 0 Å². The predicted molar refractivity (Wildman–Crippen MR) is 149 cm³/mol. The molecule has 3 aromatic carbocycles. The molecule has 0 unspecified atom stereocenters. The zero-order valence-electron chi connectivity index (χ0n) is 22.9. The highest BCUT2D eigenvalue weighted by Gasteiger charge is 2.16. The second-order valence-corrected chi connectivity index (χ2v) is 7.82. The highest BCUT2D eigenvalue weighted by atomic mass is 16.5. The quantitative estimate of drug-likeness (QED) is 0.259. The second kappa shape index (κ2) is 14.0. The molecular formula is C28H30N4O8. The fourth-order valence-electron chi connectivity index (χ4n) is 3.68. The van der Waals surface area contributed by atoms with Gasteiger partial charge in [0.05, 0.1) is 55.1 Å². The van der Waals surface area contributed by atoms with E-state index in [1.807, 2.05) is 0 Å². The van der Waals surface area contributed by atoms with E-state index >= 15 is 0 Å². The van der Waals surface area contributed by atoms with Crippen molar-refractivity contribution in [1.82, 2.24) is 10.9 Å². The van der Waals surface area contributed by atoms with Crippen molar-refractivity contribution in [3.05, 3.63) is 70.8 Å². The molecule has 3 rings (SSSR count). The topological polar surface area (TPSA) is 138 Å². The molecule has 0 heterocycles. The maximum atomic E-state index is 12.5. The van der Waals surface area contributed by atoms with Crippen LogP contribution in [0.1, 0.15) is 31.8 Å². The SMILES string of the molecule is COc1ccc(/C=N/NC(=O)c2ccc(C(=O)N/N=C/c3ccc(OC)c(OC)c3OC)cc2)c(OC)c1OC. The van der Waals surface area contributed by atoms with Gasteiger partial charge in [0.25, 0.3) is 11.8 Å². The summed E-state index contributed by atoms with van der Waals surface area (Å²) >= 11 is 0. The Bertz CT molecular complexity index is 1300. The van der Waals surface area contributed by atoms with E-state index in [1.54, 1.807) is 24.3 Å². The Hall–Kier alpha value is -5.26. The Labute approximate surface area is 231 Å². The number of benzene rings is 3. The highest BCUT2D eigenvalue weighted by molar-refractivity contribution is 5.98. The number of rotatable bonds is 12. The Morgan fingerprint density at radius 1 is 0.525 bits per heavy atom. The largest absolute Gasteiger partial charge is 0.493 e. The first kappa shape index (κ1) is 29.3. The van der Waals surface area contributed by atoms with E-state index in [-0.39, 0.29) is 0 Å². The lowest BCUT2D eigenvalue weighted by Crippen LogP contribution is -2.19. The minimum Gasteiger partial charge on any atom is -0.493 e. The number of ether oxygens (including phenoxy) is 6. The average Bonchev–Trinajstić information content (AvgIpc) is 2.99. The fraction of sp³-hybridized carbons (Fsp3) is 0.214. The van der Waals surface area contributed by atoms with E-state index in [1.165, 1.54) is 79.4 Å². The number of nitrogens with zero attached hydrogens (tertiary/aromatic N) is 2. The van der Waals surface area contributed by atoms with Crippen LogP contribution in [0.5, 0.6) is 34.5 Å². The van der Waals surface area contributed by atoms with Crippen LogP contribution >= 0.6 is 0 Å². The molecule has 3 aromatic rings. The van der Waals surface area contributed by atoms with Crippen molar-refractivity contribution < 1.29 is 38.0 Å². The standard InChI is InChI=1S/C28H30N4O8/c1-35-21-13-11-19(23(37-3)25(21)39-5)15-29-31-27(33)17-7-9-18(10-8-17)28(34)32-30-16-20-12-14-22(36-2)26(40-6)24(20)38-4/h7-16H,1-6H3,(H,31,33)(H,32,34)/b29-15+,30-16+. The van der Waals surface area contributed by atoms with Crippen molar-refractivity contribution in [2.45, 2.75) is 0 Å². The Kier molecular flexibility index (Phi) is 10.3. The van der Waals surface area contributed by atoms with Gasteiger partial charge in [0.15, 0.2) is 23.0 Å². The Morgan fingerprint density at radius 3 is 1.18 bits per heavy atom. The van der Waals surface area contributed by atoms with Gasteiger partial charge >= 0.3 is 0 Å². The molecule has 2 amide bonds. The lowest BCUT2D eigenvalue weighted by molar-refractivity contribution is 0.0943. The van der Waals surface area contributed by atoms with E-state index in [4.69, 9.17) is 28.4 Å². The number of amides is 2. The molecule has 2 N–H and O–H groups in total. The van der Waals surface area contributed by atoms with E-state index in [0.717, 1.165) is 0 Å². The lowest BCUT2D eigenvalue weighted by Gasteiger charge is -2.13. The smallest absolute Gasteiger partial charge is 0.271 e. The first-order valence-corrected chi connectivity index (χ1v) is 11.8. The number of carbonyl (C=O) groups is 2. The zero-order valence-corrected chi connectivity index (χ0v) is 22.9.